The van der Waals surface area contributed by atoms with Crippen LogP contribution in [0.4, 0.5) is 5.69 Å². The van der Waals surface area contributed by atoms with E-state index in [1.165, 1.54) is 17.7 Å². The van der Waals surface area contributed by atoms with Crippen molar-refractivity contribution in [2.45, 2.75) is 13.5 Å². The average molecular weight is 384 g/mol. The Hall–Kier alpha value is -3.12. The Kier molecular flexibility index (Phi) is 5.57. The molecule has 1 aromatic heterocycles. The lowest BCUT2D eigenvalue weighted by Crippen LogP contribution is -2.29. The Morgan fingerprint density at radius 3 is 2.59 bits per heavy atom. The Morgan fingerprint density at radius 1 is 1.19 bits per heavy atom. The molecule has 0 radical (unpaired) electrons. The van der Waals surface area contributed by atoms with Crippen LogP contribution in [-0.2, 0) is 11.3 Å². The Bertz CT molecular complexity index is 1030. The summed E-state index contributed by atoms with van der Waals surface area (Å²) in [7, 11) is 1.52. The number of nitrogens with one attached hydrogen (secondary N) is 1. The van der Waals surface area contributed by atoms with Crippen molar-refractivity contribution < 1.29 is 9.53 Å². The zero-order valence-electron chi connectivity index (χ0n) is 14.9. The number of amides is 1. The molecule has 27 heavy (non-hydrogen) atoms. The molecule has 0 aliphatic rings. The minimum Gasteiger partial charge on any atom is -0.495 e. The topological polar surface area (TPSA) is 73.2 Å². The van der Waals surface area contributed by atoms with Crippen molar-refractivity contribution in [2.75, 3.05) is 12.4 Å². The molecule has 3 rings (SSSR count). The number of hydrogen-bond donors (Lipinski definition) is 1. The molecule has 1 N–H and O–H groups in total. The van der Waals surface area contributed by atoms with Crippen LogP contribution in [0.25, 0.3) is 11.4 Å². The van der Waals surface area contributed by atoms with Gasteiger partial charge in [-0.2, -0.15) is 0 Å². The first-order valence-corrected chi connectivity index (χ1v) is 8.63. The standard InChI is InChI=1S/C20H18ClN3O3/c1-13-10-19(26)24(20(22-13)14-6-4-3-5-7-14)12-18(25)23-15-8-9-17(27-2)16(21)11-15/h3-11H,12H2,1-2H3,(H,23,25). The van der Waals surface area contributed by atoms with Gasteiger partial charge in [0.1, 0.15) is 18.1 Å². The zero-order valence-corrected chi connectivity index (χ0v) is 15.7. The highest BCUT2D eigenvalue weighted by Gasteiger charge is 2.13. The van der Waals surface area contributed by atoms with Crippen LogP contribution in [0.15, 0.2) is 59.4 Å². The number of methoxy groups -OCH3 is 1. The lowest BCUT2D eigenvalue weighted by molar-refractivity contribution is -0.116. The van der Waals surface area contributed by atoms with Crippen LogP contribution in [0.2, 0.25) is 5.02 Å². The quantitative estimate of drug-likeness (QED) is 0.731. The molecule has 0 bridgehead atoms. The van der Waals surface area contributed by atoms with Crippen molar-refractivity contribution in [1.29, 1.82) is 0 Å². The monoisotopic (exact) mass is 383 g/mol. The minimum absolute atomic E-state index is 0.167. The molecule has 3 aromatic rings. The summed E-state index contributed by atoms with van der Waals surface area (Å²) in [4.78, 5) is 29.4. The number of ether oxygens (including phenoxy) is 1. The number of carbonyl (C=O) groups is 1. The molecule has 138 valence electrons. The number of aromatic nitrogens is 2. The summed E-state index contributed by atoms with van der Waals surface area (Å²) in [5.41, 5.74) is 1.58. The van der Waals surface area contributed by atoms with E-state index in [0.717, 1.165) is 5.56 Å². The third-order valence-electron chi connectivity index (χ3n) is 3.91. The molecule has 0 spiro atoms. The van der Waals surface area contributed by atoms with E-state index in [2.05, 4.69) is 10.3 Å². The first kappa shape index (κ1) is 18.7. The molecule has 0 unspecified atom stereocenters. The van der Waals surface area contributed by atoms with Gasteiger partial charge in [-0.25, -0.2) is 4.98 Å². The first-order valence-electron chi connectivity index (χ1n) is 8.25. The first-order chi connectivity index (χ1) is 13.0. The third kappa shape index (κ3) is 4.35. The molecule has 2 aromatic carbocycles. The van der Waals surface area contributed by atoms with Crippen LogP contribution in [0.5, 0.6) is 5.75 Å². The molecule has 0 aliphatic carbocycles. The van der Waals surface area contributed by atoms with Crippen LogP contribution in [-0.4, -0.2) is 22.6 Å². The van der Waals surface area contributed by atoms with Crippen LogP contribution in [0, 0.1) is 6.92 Å². The van der Waals surface area contributed by atoms with Gasteiger partial charge >= 0.3 is 0 Å². The van der Waals surface area contributed by atoms with Crippen LogP contribution in [0.1, 0.15) is 5.69 Å². The predicted molar refractivity (Wildman–Crippen MR) is 105 cm³/mol. The molecular formula is C20H18ClN3O3. The fraction of sp³-hybridized carbons (Fsp3) is 0.150. The van der Waals surface area contributed by atoms with E-state index < -0.39 is 0 Å². The normalized spacial score (nSPS) is 10.5. The van der Waals surface area contributed by atoms with Gasteiger partial charge in [0.25, 0.3) is 5.56 Å². The molecule has 7 heteroatoms. The minimum atomic E-state index is -0.360. The maximum absolute atomic E-state index is 12.5. The van der Waals surface area contributed by atoms with E-state index in [4.69, 9.17) is 16.3 Å². The van der Waals surface area contributed by atoms with Crippen molar-refractivity contribution in [1.82, 2.24) is 9.55 Å². The summed E-state index contributed by atoms with van der Waals surface area (Å²) in [6, 6.07) is 15.6. The number of anilines is 1. The largest absolute Gasteiger partial charge is 0.495 e. The van der Waals surface area contributed by atoms with Gasteiger partial charge in [-0.1, -0.05) is 41.9 Å². The lowest BCUT2D eigenvalue weighted by Gasteiger charge is -2.13. The molecule has 1 amide bonds. The molecule has 0 fully saturated rings. The van der Waals surface area contributed by atoms with Gasteiger partial charge < -0.3 is 10.1 Å². The summed E-state index contributed by atoms with van der Waals surface area (Å²) in [6.07, 6.45) is 0. The summed E-state index contributed by atoms with van der Waals surface area (Å²) in [5, 5.41) is 3.12. The third-order valence-corrected chi connectivity index (χ3v) is 4.20. The van der Waals surface area contributed by atoms with Crippen molar-refractivity contribution in [3.8, 4) is 17.1 Å². The molecule has 6 nitrogen and oxygen atoms in total. The van der Waals surface area contributed by atoms with E-state index in [0.29, 0.717) is 28.0 Å². The van der Waals surface area contributed by atoms with Crippen LogP contribution < -0.4 is 15.6 Å². The van der Waals surface area contributed by atoms with Crippen molar-refractivity contribution >= 4 is 23.2 Å². The van der Waals surface area contributed by atoms with E-state index in [9.17, 15) is 9.59 Å². The molecule has 1 heterocycles. The summed E-state index contributed by atoms with van der Waals surface area (Å²) < 4.78 is 6.44. The number of benzene rings is 2. The van der Waals surface area contributed by atoms with Gasteiger partial charge in [-0.05, 0) is 25.1 Å². The maximum Gasteiger partial charge on any atom is 0.254 e. The van der Waals surface area contributed by atoms with E-state index in [1.807, 2.05) is 30.3 Å². The van der Waals surface area contributed by atoms with Gasteiger partial charge in [0.15, 0.2) is 0 Å². The highest BCUT2D eigenvalue weighted by molar-refractivity contribution is 6.32. The maximum atomic E-state index is 12.5. The number of halogens is 1. The van der Waals surface area contributed by atoms with Crippen molar-refractivity contribution in [2.24, 2.45) is 0 Å². The van der Waals surface area contributed by atoms with Gasteiger partial charge in [0, 0.05) is 23.0 Å². The van der Waals surface area contributed by atoms with Crippen molar-refractivity contribution in [3.63, 3.8) is 0 Å². The van der Waals surface area contributed by atoms with E-state index in [-0.39, 0.29) is 18.0 Å². The Labute approximate surface area is 161 Å². The smallest absolute Gasteiger partial charge is 0.254 e. The predicted octanol–water partition coefficient (Wildman–Crippen LogP) is 3.52. The van der Waals surface area contributed by atoms with Gasteiger partial charge in [-0.3, -0.25) is 14.2 Å². The summed E-state index contributed by atoms with van der Waals surface area (Å²) in [6.45, 7) is 1.58. The molecule has 0 saturated heterocycles. The van der Waals surface area contributed by atoms with Gasteiger partial charge in [-0.15, -0.1) is 0 Å². The SMILES string of the molecule is COc1ccc(NC(=O)Cn2c(-c3ccccc3)nc(C)cc2=O)cc1Cl. The fourth-order valence-corrected chi connectivity index (χ4v) is 2.93. The summed E-state index contributed by atoms with van der Waals surface area (Å²) in [5.74, 6) is 0.602. The number of hydrogen-bond acceptors (Lipinski definition) is 4. The summed E-state index contributed by atoms with van der Waals surface area (Å²) >= 11 is 6.08. The molecule has 0 atom stereocenters. The van der Waals surface area contributed by atoms with Gasteiger partial charge in [0.2, 0.25) is 5.91 Å². The second-order valence-electron chi connectivity index (χ2n) is 5.91. The Balaban J connectivity index is 1.88. The van der Waals surface area contributed by atoms with E-state index in [1.54, 1.807) is 25.1 Å². The van der Waals surface area contributed by atoms with Crippen LogP contribution >= 0.6 is 11.6 Å². The second kappa shape index (κ2) is 8.05. The second-order valence-corrected chi connectivity index (χ2v) is 6.32. The number of rotatable bonds is 5. The molecular weight excluding hydrogens is 366 g/mol. The average Bonchev–Trinajstić information content (AvgIpc) is 2.64. The lowest BCUT2D eigenvalue weighted by atomic mass is 10.2. The number of nitrogens with zero attached hydrogens (tertiary/aromatic N) is 2. The fourth-order valence-electron chi connectivity index (χ4n) is 2.67. The number of aryl methyl sites for hydroxylation is 1. The Morgan fingerprint density at radius 2 is 1.93 bits per heavy atom. The zero-order chi connectivity index (χ0) is 19.4. The molecule has 0 saturated carbocycles. The van der Waals surface area contributed by atoms with Crippen molar-refractivity contribution in [3.05, 3.63) is 75.7 Å². The van der Waals surface area contributed by atoms with Gasteiger partial charge in [0.05, 0.1) is 12.1 Å². The highest BCUT2D eigenvalue weighted by Crippen LogP contribution is 2.27. The number of carbonyl (C=O) groups excluding carboxylic acids is 1. The van der Waals surface area contributed by atoms with Crippen LogP contribution in [0.3, 0.4) is 0 Å². The highest BCUT2D eigenvalue weighted by atomic mass is 35.5. The van der Waals surface area contributed by atoms with E-state index >= 15 is 0 Å². The molecule has 0 aliphatic heterocycles.